The second-order valence-corrected chi connectivity index (χ2v) is 7.95. The summed E-state index contributed by atoms with van der Waals surface area (Å²) in [5, 5.41) is 0.443. The van der Waals surface area contributed by atoms with Crippen LogP contribution in [0.5, 0.6) is 0 Å². The van der Waals surface area contributed by atoms with Crippen molar-refractivity contribution in [3.63, 3.8) is 0 Å². The topological polar surface area (TPSA) is 37.4 Å². The van der Waals surface area contributed by atoms with E-state index in [0.717, 1.165) is 18.4 Å². The van der Waals surface area contributed by atoms with Crippen molar-refractivity contribution in [1.82, 2.24) is 4.31 Å². The molecule has 20 heavy (non-hydrogen) atoms. The molecule has 2 fully saturated rings. The molecule has 110 valence electrons. The lowest BCUT2D eigenvalue weighted by Crippen LogP contribution is -2.46. The van der Waals surface area contributed by atoms with Crippen LogP contribution in [0.15, 0.2) is 23.1 Å². The molecule has 2 aliphatic rings. The molecule has 1 aromatic carbocycles. The number of hydrogen-bond acceptors (Lipinski definition) is 2. The van der Waals surface area contributed by atoms with Gasteiger partial charge in [-0.1, -0.05) is 17.7 Å². The third-order valence-corrected chi connectivity index (χ3v) is 6.74. The van der Waals surface area contributed by atoms with Gasteiger partial charge in [-0.05, 0) is 50.3 Å². The quantitative estimate of drug-likeness (QED) is 0.839. The molecule has 0 saturated carbocycles. The van der Waals surface area contributed by atoms with Crippen LogP contribution in [0, 0.1) is 6.92 Å². The van der Waals surface area contributed by atoms with Crippen LogP contribution in [0.4, 0.5) is 4.39 Å². The maximum atomic E-state index is 13.6. The van der Waals surface area contributed by atoms with E-state index in [1.54, 1.807) is 12.1 Å². The van der Waals surface area contributed by atoms with Crippen LogP contribution in [0.3, 0.4) is 0 Å². The lowest BCUT2D eigenvalue weighted by Gasteiger charge is -2.35. The zero-order valence-corrected chi connectivity index (χ0v) is 12.8. The molecule has 2 saturated heterocycles. The van der Waals surface area contributed by atoms with Gasteiger partial charge in [0.25, 0.3) is 0 Å². The molecule has 0 N–H and O–H groups in total. The van der Waals surface area contributed by atoms with E-state index < -0.39 is 16.2 Å². The van der Waals surface area contributed by atoms with E-state index >= 15 is 0 Å². The SMILES string of the molecule is Cc1ccc(S(=O)(=O)N2C3CCC2CC(F)C3)cc1Cl. The molecule has 2 atom stereocenters. The fraction of sp³-hybridized carbons (Fsp3) is 0.571. The predicted molar refractivity (Wildman–Crippen MR) is 76.2 cm³/mol. The number of rotatable bonds is 2. The second-order valence-electron chi connectivity index (χ2n) is 5.70. The number of alkyl halides is 1. The summed E-state index contributed by atoms with van der Waals surface area (Å²) in [4.78, 5) is 0.210. The highest BCUT2D eigenvalue weighted by Crippen LogP contribution is 2.41. The van der Waals surface area contributed by atoms with Gasteiger partial charge in [-0.25, -0.2) is 12.8 Å². The number of benzene rings is 1. The third kappa shape index (κ3) is 2.26. The van der Waals surface area contributed by atoms with Crippen LogP contribution in [0.25, 0.3) is 0 Å². The van der Waals surface area contributed by atoms with E-state index in [4.69, 9.17) is 11.6 Å². The van der Waals surface area contributed by atoms with Gasteiger partial charge in [0.15, 0.2) is 0 Å². The summed E-state index contributed by atoms with van der Waals surface area (Å²) in [6, 6.07) is 4.38. The van der Waals surface area contributed by atoms with Gasteiger partial charge in [-0.15, -0.1) is 0 Å². The van der Waals surface area contributed by atoms with Gasteiger partial charge < -0.3 is 0 Å². The van der Waals surface area contributed by atoms with E-state index in [9.17, 15) is 12.8 Å². The maximum Gasteiger partial charge on any atom is 0.243 e. The highest BCUT2D eigenvalue weighted by Gasteiger charge is 2.47. The largest absolute Gasteiger partial charge is 0.247 e. The average molecular weight is 318 g/mol. The second kappa shape index (κ2) is 4.97. The van der Waals surface area contributed by atoms with Crippen molar-refractivity contribution in [3.8, 4) is 0 Å². The Morgan fingerprint density at radius 1 is 1.25 bits per heavy atom. The number of sulfonamides is 1. The first-order chi connectivity index (χ1) is 9.39. The van der Waals surface area contributed by atoms with Crippen LogP contribution in [0.1, 0.15) is 31.2 Å². The lowest BCUT2D eigenvalue weighted by atomic mass is 10.0. The molecule has 3 nitrogen and oxygen atoms in total. The summed E-state index contributed by atoms with van der Waals surface area (Å²) in [5.74, 6) is 0. The smallest absolute Gasteiger partial charge is 0.243 e. The van der Waals surface area contributed by atoms with Crippen molar-refractivity contribution in [3.05, 3.63) is 28.8 Å². The average Bonchev–Trinajstić information content (AvgIpc) is 2.66. The Labute approximate surface area is 123 Å². The van der Waals surface area contributed by atoms with E-state index in [1.807, 2.05) is 6.92 Å². The summed E-state index contributed by atoms with van der Waals surface area (Å²) in [5.41, 5.74) is 0.844. The molecule has 0 spiro atoms. The monoisotopic (exact) mass is 317 g/mol. The van der Waals surface area contributed by atoms with Crippen molar-refractivity contribution in [1.29, 1.82) is 0 Å². The molecule has 0 aromatic heterocycles. The van der Waals surface area contributed by atoms with Gasteiger partial charge >= 0.3 is 0 Å². The highest BCUT2D eigenvalue weighted by atomic mass is 35.5. The number of aryl methyl sites for hydroxylation is 1. The van der Waals surface area contributed by atoms with Crippen LogP contribution >= 0.6 is 11.6 Å². The summed E-state index contributed by atoms with van der Waals surface area (Å²) in [6.45, 7) is 1.83. The molecular weight excluding hydrogens is 301 g/mol. The maximum absolute atomic E-state index is 13.6. The van der Waals surface area contributed by atoms with Crippen LogP contribution in [0.2, 0.25) is 5.02 Å². The molecule has 1 aromatic rings. The van der Waals surface area contributed by atoms with Crippen molar-refractivity contribution >= 4 is 21.6 Å². The Kier molecular flexibility index (Phi) is 3.55. The minimum atomic E-state index is -3.58. The van der Waals surface area contributed by atoms with Crippen LogP contribution in [-0.2, 0) is 10.0 Å². The lowest BCUT2D eigenvalue weighted by molar-refractivity contribution is 0.150. The summed E-state index contributed by atoms with van der Waals surface area (Å²) in [6.07, 6.45) is 1.26. The van der Waals surface area contributed by atoms with Crippen molar-refractivity contribution in [2.45, 2.75) is 55.8 Å². The van der Waals surface area contributed by atoms with Gasteiger partial charge in [-0.2, -0.15) is 4.31 Å². The molecule has 0 amide bonds. The molecule has 2 bridgehead atoms. The van der Waals surface area contributed by atoms with E-state index in [1.165, 1.54) is 10.4 Å². The number of hydrogen-bond donors (Lipinski definition) is 0. The molecule has 0 aliphatic carbocycles. The minimum Gasteiger partial charge on any atom is -0.247 e. The summed E-state index contributed by atoms with van der Waals surface area (Å²) < 4.78 is 40.6. The molecule has 2 heterocycles. The van der Waals surface area contributed by atoms with Gasteiger partial charge in [0.2, 0.25) is 10.0 Å². The van der Waals surface area contributed by atoms with Gasteiger partial charge in [0.1, 0.15) is 6.17 Å². The first-order valence-corrected chi connectivity index (χ1v) is 8.65. The van der Waals surface area contributed by atoms with E-state index in [0.29, 0.717) is 17.9 Å². The zero-order valence-electron chi connectivity index (χ0n) is 11.2. The van der Waals surface area contributed by atoms with Gasteiger partial charge in [-0.3, -0.25) is 0 Å². The molecule has 0 radical (unpaired) electrons. The fourth-order valence-corrected chi connectivity index (χ4v) is 5.48. The third-order valence-electron chi connectivity index (χ3n) is 4.33. The molecule has 6 heteroatoms. The Bertz CT molecular complexity index is 620. The molecule has 2 aliphatic heterocycles. The Balaban J connectivity index is 1.98. The summed E-state index contributed by atoms with van der Waals surface area (Å²) >= 11 is 6.03. The van der Waals surface area contributed by atoms with Gasteiger partial charge in [0, 0.05) is 17.1 Å². The fourth-order valence-electron chi connectivity index (χ4n) is 3.32. The Morgan fingerprint density at radius 3 is 2.40 bits per heavy atom. The summed E-state index contributed by atoms with van der Waals surface area (Å²) in [7, 11) is -3.58. The van der Waals surface area contributed by atoms with Crippen molar-refractivity contribution in [2.75, 3.05) is 0 Å². The first-order valence-electron chi connectivity index (χ1n) is 6.83. The first kappa shape index (κ1) is 14.3. The highest BCUT2D eigenvalue weighted by molar-refractivity contribution is 7.89. The molecule has 3 rings (SSSR count). The normalized spacial score (nSPS) is 30.6. The van der Waals surface area contributed by atoms with Crippen LogP contribution < -0.4 is 0 Å². The number of halogens is 2. The van der Waals surface area contributed by atoms with Crippen molar-refractivity contribution < 1.29 is 12.8 Å². The molecule has 2 unspecified atom stereocenters. The van der Waals surface area contributed by atoms with E-state index in [-0.39, 0.29) is 17.0 Å². The van der Waals surface area contributed by atoms with Crippen molar-refractivity contribution in [2.24, 2.45) is 0 Å². The number of nitrogens with zero attached hydrogens (tertiary/aromatic N) is 1. The Morgan fingerprint density at radius 2 is 1.85 bits per heavy atom. The Hall–Kier alpha value is -0.650. The number of fused-ring (bicyclic) bond motifs is 2. The number of piperidine rings is 1. The standard InChI is InChI=1S/C14H17ClFNO2S/c1-9-2-5-13(8-14(9)15)20(18,19)17-11-3-4-12(17)7-10(16)6-11/h2,5,8,10-12H,3-4,6-7H2,1H3. The zero-order chi connectivity index (χ0) is 14.5. The van der Waals surface area contributed by atoms with Gasteiger partial charge in [0.05, 0.1) is 4.90 Å². The van der Waals surface area contributed by atoms with Crippen LogP contribution in [-0.4, -0.2) is 31.0 Å². The van der Waals surface area contributed by atoms with E-state index in [2.05, 4.69) is 0 Å². The minimum absolute atomic E-state index is 0.200. The molecular formula is C14H17ClFNO2S. The predicted octanol–water partition coefficient (Wildman–Crippen LogP) is 3.30.